The van der Waals surface area contributed by atoms with E-state index in [1.807, 2.05) is 13.8 Å². The van der Waals surface area contributed by atoms with Crippen LogP contribution in [-0.2, 0) is 5.92 Å². The van der Waals surface area contributed by atoms with Crippen molar-refractivity contribution in [3.63, 3.8) is 0 Å². The van der Waals surface area contributed by atoms with E-state index in [2.05, 4.69) is 0 Å². The predicted molar refractivity (Wildman–Crippen MR) is 62.7 cm³/mol. The summed E-state index contributed by atoms with van der Waals surface area (Å²) in [5, 5.41) is 8.65. The molecule has 0 heterocycles. The lowest BCUT2D eigenvalue weighted by Crippen LogP contribution is -2.16. The number of aliphatic hydroxyl groups excluding tert-OH is 1. The van der Waals surface area contributed by atoms with Gasteiger partial charge in [-0.3, -0.25) is 0 Å². The van der Waals surface area contributed by atoms with Gasteiger partial charge in [0.25, 0.3) is 5.92 Å². The van der Waals surface area contributed by atoms with Gasteiger partial charge >= 0.3 is 0 Å². The largest absolute Gasteiger partial charge is 0.496 e. The highest BCUT2D eigenvalue weighted by molar-refractivity contribution is 5.41. The first-order valence-corrected chi connectivity index (χ1v) is 5.59. The van der Waals surface area contributed by atoms with Crippen molar-refractivity contribution in [2.24, 2.45) is 0 Å². The molecule has 0 atom stereocenters. The van der Waals surface area contributed by atoms with E-state index in [1.165, 1.54) is 13.2 Å². The van der Waals surface area contributed by atoms with Gasteiger partial charge in [-0.2, -0.15) is 0 Å². The molecule has 2 nitrogen and oxygen atoms in total. The van der Waals surface area contributed by atoms with Gasteiger partial charge in [-0.1, -0.05) is 19.9 Å². The summed E-state index contributed by atoms with van der Waals surface area (Å²) in [6, 6.07) is 4.68. The van der Waals surface area contributed by atoms with Gasteiger partial charge in [-0.15, -0.1) is 0 Å². The Labute approximate surface area is 100 Å². The Balaban J connectivity index is 3.16. The minimum atomic E-state index is -3.06. The Morgan fingerprint density at radius 3 is 2.47 bits per heavy atom. The van der Waals surface area contributed by atoms with Gasteiger partial charge in [-0.25, -0.2) is 8.78 Å². The summed E-state index contributed by atoms with van der Waals surface area (Å²) in [4.78, 5) is 0. The third-order valence-electron chi connectivity index (χ3n) is 2.71. The summed E-state index contributed by atoms with van der Waals surface area (Å²) in [7, 11) is 1.37. The van der Waals surface area contributed by atoms with Gasteiger partial charge in [0.2, 0.25) is 0 Å². The second kappa shape index (κ2) is 5.45. The molecule has 1 aromatic rings. The Bertz CT molecular complexity index is 376. The fraction of sp³-hybridized carbons (Fsp3) is 0.538. The quantitative estimate of drug-likeness (QED) is 0.861. The van der Waals surface area contributed by atoms with Gasteiger partial charge in [0, 0.05) is 13.0 Å². The number of benzene rings is 1. The number of halogens is 2. The fourth-order valence-corrected chi connectivity index (χ4v) is 1.64. The third kappa shape index (κ3) is 3.16. The summed E-state index contributed by atoms with van der Waals surface area (Å²) in [6.07, 6.45) is -0.593. The molecule has 0 saturated carbocycles. The maximum Gasteiger partial charge on any atom is 0.279 e. The fourth-order valence-electron chi connectivity index (χ4n) is 1.64. The molecule has 0 aliphatic rings. The molecule has 96 valence electrons. The zero-order valence-electron chi connectivity index (χ0n) is 10.3. The summed E-state index contributed by atoms with van der Waals surface area (Å²) < 4.78 is 32.4. The predicted octanol–water partition coefficient (Wildman–Crippen LogP) is 3.29. The highest BCUT2D eigenvalue weighted by Crippen LogP contribution is 2.38. The minimum absolute atomic E-state index is 0.168. The molecule has 0 fully saturated rings. The maximum atomic E-state index is 13.7. The van der Waals surface area contributed by atoms with Gasteiger partial charge in [0.05, 0.1) is 12.7 Å². The summed E-state index contributed by atoms with van der Waals surface area (Å²) in [6.45, 7) is 3.42. The van der Waals surface area contributed by atoms with Crippen LogP contribution in [0.2, 0.25) is 0 Å². The number of rotatable bonds is 5. The van der Waals surface area contributed by atoms with Crippen LogP contribution in [0.15, 0.2) is 18.2 Å². The molecule has 0 amide bonds. The van der Waals surface area contributed by atoms with Crippen molar-refractivity contribution in [2.75, 3.05) is 13.7 Å². The average Bonchev–Trinajstić information content (AvgIpc) is 2.28. The smallest absolute Gasteiger partial charge is 0.279 e. The van der Waals surface area contributed by atoms with E-state index in [4.69, 9.17) is 9.84 Å². The summed E-state index contributed by atoms with van der Waals surface area (Å²) in [5.74, 6) is -2.63. The molecule has 0 radical (unpaired) electrons. The lowest BCUT2D eigenvalue weighted by atomic mass is 9.97. The Hall–Kier alpha value is -1.16. The SMILES string of the molecule is COc1cc(C(C)C)ccc1C(F)(F)CCO. The molecule has 0 saturated heterocycles. The first-order chi connectivity index (χ1) is 7.92. The molecule has 0 aliphatic carbocycles. The van der Waals surface area contributed by atoms with E-state index in [0.29, 0.717) is 0 Å². The van der Waals surface area contributed by atoms with Crippen molar-refractivity contribution in [2.45, 2.75) is 32.1 Å². The van der Waals surface area contributed by atoms with Crippen LogP contribution in [0.25, 0.3) is 0 Å². The zero-order valence-corrected chi connectivity index (χ0v) is 10.3. The molecule has 0 aromatic heterocycles. The zero-order chi connectivity index (χ0) is 13.1. The highest BCUT2D eigenvalue weighted by atomic mass is 19.3. The molecule has 0 unspecified atom stereocenters. The van der Waals surface area contributed by atoms with E-state index in [1.54, 1.807) is 12.1 Å². The number of hydrogen-bond acceptors (Lipinski definition) is 2. The number of alkyl halides is 2. The summed E-state index contributed by atoms with van der Waals surface area (Å²) >= 11 is 0. The van der Waals surface area contributed by atoms with Gasteiger partial charge in [-0.05, 0) is 23.6 Å². The highest BCUT2D eigenvalue weighted by Gasteiger charge is 2.34. The standard InChI is InChI=1S/C13H18F2O2/c1-9(2)10-4-5-11(12(8-10)17-3)13(14,15)6-7-16/h4-5,8-9,16H,6-7H2,1-3H3. The van der Waals surface area contributed by atoms with Crippen LogP contribution >= 0.6 is 0 Å². The lowest BCUT2D eigenvalue weighted by molar-refractivity contribution is -0.0287. The van der Waals surface area contributed by atoms with Crippen LogP contribution < -0.4 is 4.74 Å². The van der Waals surface area contributed by atoms with E-state index in [0.717, 1.165) is 5.56 Å². The van der Waals surface area contributed by atoms with E-state index in [9.17, 15) is 8.78 Å². The Morgan fingerprint density at radius 2 is 2.00 bits per heavy atom. The molecule has 4 heteroatoms. The molecular weight excluding hydrogens is 226 g/mol. The van der Waals surface area contributed by atoms with Crippen LogP contribution in [0.5, 0.6) is 5.75 Å². The second-order valence-corrected chi connectivity index (χ2v) is 4.29. The number of methoxy groups -OCH3 is 1. The molecule has 1 rings (SSSR count). The van der Waals surface area contributed by atoms with Crippen LogP contribution in [0.4, 0.5) is 8.78 Å². The first-order valence-electron chi connectivity index (χ1n) is 5.59. The van der Waals surface area contributed by atoms with Crippen LogP contribution in [0.1, 0.15) is 37.3 Å². The maximum absolute atomic E-state index is 13.7. The van der Waals surface area contributed by atoms with Crippen molar-refractivity contribution in [3.8, 4) is 5.75 Å². The molecule has 1 N–H and O–H groups in total. The number of ether oxygens (including phenoxy) is 1. The minimum Gasteiger partial charge on any atom is -0.496 e. The second-order valence-electron chi connectivity index (χ2n) is 4.29. The van der Waals surface area contributed by atoms with Crippen molar-refractivity contribution in [1.29, 1.82) is 0 Å². The first kappa shape index (κ1) is 13.9. The summed E-state index contributed by atoms with van der Waals surface area (Å²) in [5.41, 5.74) is 0.781. The lowest BCUT2D eigenvalue weighted by Gasteiger charge is -2.19. The van der Waals surface area contributed by atoms with Crippen molar-refractivity contribution >= 4 is 0 Å². The Kier molecular flexibility index (Phi) is 4.46. The molecule has 0 spiro atoms. The molecule has 17 heavy (non-hydrogen) atoms. The van der Waals surface area contributed by atoms with Crippen molar-refractivity contribution in [1.82, 2.24) is 0 Å². The van der Waals surface area contributed by atoms with Gasteiger partial charge in [0.1, 0.15) is 5.75 Å². The van der Waals surface area contributed by atoms with Crippen molar-refractivity contribution < 1.29 is 18.6 Å². The van der Waals surface area contributed by atoms with E-state index in [-0.39, 0.29) is 17.2 Å². The van der Waals surface area contributed by atoms with Crippen molar-refractivity contribution in [3.05, 3.63) is 29.3 Å². The Morgan fingerprint density at radius 1 is 1.35 bits per heavy atom. The van der Waals surface area contributed by atoms with Crippen LogP contribution in [-0.4, -0.2) is 18.8 Å². The third-order valence-corrected chi connectivity index (χ3v) is 2.71. The average molecular weight is 244 g/mol. The number of hydrogen-bond donors (Lipinski definition) is 1. The number of aliphatic hydroxyl groups is 1. The topological polar surface area (TPSA) is 29.5 Å². The van der Waals surface area contributed by atoms with Gasteiger partial charge in [0.15, 0.2) is 0 Å². The molecule has 0 aliphatic heterocycles. The van der Waals surface area contributed by atoms with E-state index < -0.39 is 19.0 Å². The van der Waals surface area contributed by atoms with Crippen LogP contribution in [0.3, 0.4) is 0 Å². The molecule has 1 aromatic carbocycles. The monoisotopic (exact) mass is 244 g/mol. The van der Waals surface area contributed by atoms with E-state index >= 15 is 0 Å². The van der Waals surface area contributed by atoms with Gasteiger partial charge < -0.3 is 9.84 Å². The molecule has 0 bridgehead atoms. The normalized spacial score (nSPS) is 11.9. The molecular formula is C13H18F2O2. The van der Waals surface area contributed by atoms with Crippen LogP contribution in [0, 0.1) is 0 Å².